The molecule has 4 rings (SSSR count). The first kappa shape index (κ1) is 20.4. The molecular formula is C19H20O11. The van der Waals surface area contributed by atoms with E-state index in [0.717, 1.165) is 18.2 Å². The van der Waals surface area contributed by atoms with Crippen LogP contribution in [0.4, 0.5) is 0 Å². The summed E-state index contributed by atoms with van der Waals surface area (Å²) in [5, 5.41) is 80.0. The van der Waals surface area contributed by atoms with Crippen LogP contribution in [0.3, 0.4) is 0 Å². The first-order valence-corrected chi connectivity index (χ1v) is 9.07. The first-order chi connectivity index (χ1) is 14.1. The number of benzene rings is 1. The number of carbonyl (C=O) groups is 1. The smallest absolute Gasteiger partial charge is 0.181 e. The second-order valence-electron chi connectivity index (χ2n) is 7.36. The van der Waals surface area contributed by atoms with E-state index in [2.05, 4.69) is 0 Å². The van der Waals surface area contributed by atoms with Gasteiger partial charge in [-0.3, -0.25) is 4.79 Å². The van der Waals surface area contributed by atoms with Gasteiger partial charge < -0.3 is 50.3 Å². The molecule has 11 nitrogen and oxygen atoms in total. The average Bonchev–Trinajstić information content (AvgIpc) is 2.69. The highest BCUT2D eigenvalue weighted by Gasteiger charge is 2.49. The number of phenols is 2. The van der Waals surface area contributed by atoms with Gasteiger partial charge in [-0.1, -0.05) is 0 Å². The van der Waals surface area contributed by atoms with Gasteiger partial charge in [-0.25, -0.2) is 0 Å². The number of phenolic OH excluding ortho intramolecular Hbond substituents is 2. The molecule has 0 radical (unpaired) electrons. The van der Waals surface area contributed by atoms with Crippen LogP contribution in [0.2, 0.25) is 0 Å². The van der Waals surface area contributed by atoms with E-state index in [1.165, 1.54) is 0 Å². The summed E-state index contributed by atoms with van der Waals surface area (Å²) in [6, 6.07) is 0.830. The number of aromatic hydroxyl groups is 2. The van der Waals surface area contributed by atoms with E-state index in [4.69, 9.17) is 9.47 Å². The number of aliphatic hydroxyl groups excluding tert-OH is 6. The van der Waals surface area contributed by atoms with Crippen molar-refractivity contribution >= 4 is 5.78 Å². The number of aliphatic hydroxyl groups is 6. The molecule has 0 bridgehead atoms. The minimum absolute atomic E-state index is 0.293. The van der Waals surface area contributed by atoms with E-state index in [1.54, 1.807) is 0 Å². The van der Waals surface area contributed by atoms with Crippen LogP contribution in [-0.4, -0.2) is 83.8 Å². The maximum Gasteiger partial charge on any atom is 0.181 e. The highest BCUT2D eigenvalue weighted by molar-refractivity contribution is 6.06. The Hall–Kier alpha value is -2.83. The number of ketones is 1. The molecule has 0 aromatic heterocycles. The lowest BCUT2D eigenvalue weighted by atomic mass is 9.82. The summed E-state index contributed by atoms with van der Waals surface area (Å²) in [5.74, 6) is -4.47. The predicted octanol–water partition coefficient (Wildman–Crippen LogP) is -0.930. The topological polar surface area (TPSA) is 197 Å². The van der Waals surface area contributed by atoms with Crippen LogP contribution in [0.25, 0.3) is 0 Å². The second-order valence-corrected chi connectivity index (χ2v) is 7.36. The van der Waals surface area contributed by atoms with Crippen molar-refractivity contribution in [3.05, 3.63) is 40.9 Å². The molecule has 162 valence electrons. The van der Waals surface area contributed by atoms with Crippen LogP contribution in [0.1, 0.15) is 22.0 Å². The zero-order chi connectivity index (χ0) is 21.9. The van der Waals surface area contributed by atoms with Crippen molar-refractivity contribution in [3.63, 3.8) is 0 Å². The molecule has 1 aromatic rings. The number of Topliss-reactive ketones (excluding diaryl/α,β-unsaturated/α-hetero) is 1. The lowest BCUT2D eigenvalue weighted by Crippen LogP contribution is -2.55. The molecule has 0 saturated carbocycles. The Morgan fingerprint density at radius 2 is 1.57 bits per heavy atom. The van der Waals surface area contributed by atoms with E-state index in [1.807, 2.05) is 0 Å². The van der Waals surface area contributed by atoms with Crippen molar-refractivity contribution in [1.29, 1.82) is 0 Å². The molecule has 1 aliphatic carbocycles. The maximum absolute atomic E-state index is 13.0. The molecule has 7 atom stereocenters. The van der Waals surface area contributed by atoms with Gasteiger partial charge in [0.1, 0.15) is 59.4 Å². The molecule has 30 heavy (non-hydrogen) atoms. The van der Waals surface area contributed by atoms with Gasteiger partial charge in [0.25, 0.3) is 0 Å². The van der Waals surface area contributed by atoms with Crippen LogP contribution < -0.4 is 4.74 Å². The monoisotopic (exact) mass is 424 g/mol. The zero-order valence-electron chi connectivity index (χ0n) is 15.3. The van der Waals surface area contributed by atoms with Gasteiger partial charge in [0, 0.05) is 12.1 Å². The minimum Gasteiger partial charge on any atom is -0.507 e. The van der Waals surface area contributed by atoms with Crippen LogP contribution in [0, 0.1) is 5.92 Å². The number of fused-ring (bicyclic) bond motifs is 2. The number of rotatable bonds is 2. The van der Waals surface area contributed by atoms with Gasteiger partial charge in [-0.05, 0) is 6.08 Å². The summed E-state index contributed by atoms with van der Waals surface area (Å²) in [7, 11) is 0. The average molecular weight is 424 g/mol. The summed E-state index contributed by atoms with van der Waals surface area (Å²) in [5.41, 5.74) is -0.655. The number of ether oxygens (including phenoxy) is 2. The third kappa shape index (κ3) is 2.90. The molecule has 1 fully saturated rings. The normalized spacial score (nSPS) is 35.6. The summed E-state index contributed by atoms with van der Waals surface area (Å²) >= 11 is 0. The molecule has 11 heteroatoms. The lowest BCUT2D eigenvalue weighted by molar-refractivity contribution is -0.232. The Labute approximate surface area is 169 Å². The third-order valence-corrected chi connectivity index (χ3v) is 5.53. The van der Waals surface area contributed by atoms with Gasteiger partial charge in [-0.2, -0.15) is 0 Å². The van der Waals surface area contributed by atoms with Gasteiger partial charge in [0.15, 0.2) is 17.3 Å². The van der Waals surface area contributed by atoms with Gasteiger partial charge in [-0.15, -0.1) is 0 Å². The van der Waals surface area contributed by atoms with Crippen molar-refractivity contribution in [2.45, 2.75) is 36.6 Å². The van der Waals surface area contributed by atoms with Gasteiger partial charge >= 0.3 is 0 Å². The summed E-state index contributed by atoms with van der Waals surface area (Å²) in [6.45, 7) is -0.715. The van der Waals surface area contributed by atoms with Crippen molar-refractivity contribution in [2.24, 2.45) is 5.92 Å². The van der Waals surface area contributed by atoms with Crippen molar-refractivity contribution < 1.29 is 55.1 Å². The largest absolute Gasteiger partial charge is 0.507 e. The zero-order valence-corrected chi connectivity index (χ0v) is 15.3. The van der Waals surface area contributed by atoms with E-state index in [-0.39, 0.29) is 16.9 Å². The molecule has 1 aromatic carbocycles. The standard InChI is InChI=1S/C19H20O11/c20-4-11-15(26)16(27)17(28)19(30-11)13-9(24)2-8(23)12-14(25)5-1-6(21)7(22)3-10(5)29-18(12)13/h1-3,5,10-11,15-17,19-24,26-28H,4H2/t5?,10?,11?,15?,16-,17+,19?/m0/s1. The summed E-state index contributed by atoms with van der Waals surface area (Å²) in [4.78, 5) is 13.0. The van der Waals surface area contributed by atoms with Crippen molar-refractivity contribution in [1.82, 2.24) is 0 Å². The second kappa shape index (κ2) is 7.15. The van der Waals surface area contributed by atoms with Crippen molar-refractivity contribution in [2.75, 3.05) is 6.61 Å². The molecule has 0 spiro atoms. The minimum atomic E-state index is -1.78. The van der Waals surface area contributed by atoms with E-state index < -0.39 is 77.9 Å². The molecule has 2 heterocycles. The third-order valence-electron chi connectivity index (χ3n) is 5.53. The summed E-state index contributed by atoms with van der Waals surface area (Å²) in [6.07, 6.45) is -6.98. The Bertz CT molecular complexity index is 950. The van der Waals surface area contributed by atoms with E-state index >= 15 is 0 Å². The fourth-order valence-electron chi connectivity index (χ4n) is 3.95. The highest BCUT2D eigenvalue weighted by Crippen LogP contribution is 2.50. The predicted molar refractivity (Wildman–Crippen MR) is 96.2 cm³/mol. The number of hydrogen-bond acceptors (Lipinski definition) is 11. The summed E-state index contributed by atoms with van der Waals surface area (Å²) < 4.78 is 11.2. The first-order valence-electron chi connectivity index (χ1n) is 9.07. The van der Waals surface area contributed by atoms with Crippen LogP contribution in [0.5, 0.6) is 17.2 Å². The van der Waals surface area contributed by atoms with Crippen molar-refractivity contribution in [3.8, 4) is 17.2 Å². The molecule has 1 saturated heterocycles. The number of carbonyl (C=O) groups excluding carboxylic acids is 1. The SMILES string of the molecule is O=C1c2c(O)cc(O)c(C3OC(CO)C(O)[C@H](O)[C@H]3O)c2OC2C=C(O)C(O)=CC12. The van der Waals surface area contributed by atoms with E-state index in [0.29, 0.717) is 0 Å². The Morgan fingerprint density at radius 3 is 2.23 bits per heavy atom. The van der Waals surface area contributed by atoms with Gasteiger partial charge in [0.05, 0.1) is 18.1 Å². The van der Waals surface area contributed by atoms with Crippen LogP contribution in [-0.2, 0) is 4.74 Å². The van der Waals surface area contributed by atoms with Crippen LogP contribution >= 0.6 is 0 Å². The molecule has 5 unspecified atom stereocenters. The Morgan fingerprint density at radius 1 is 0.900 bits per heavy atom. The molecule has 0 amide bonds. The fourth-order valence-corrected chi connectivity index (χ4v) is 3.95. The molecule has 8 N–H and O–H groups in total. The lowest BCUT2D eigenvalue weighted by Gasteiger charge is -2.41. The maximum atomic E-state index is 13.0. The van der Waals surface area contributed by atoms with Crippen LogP contribution in [0.15, 0.2) is 29.7 Å². The van der Waals surface area contributed by atoms with Gasteiger partial charge in [0.2, 0.25) is 0 Å². The molecule has 3 aliphatic rings. The fraction of sp³-hybridized carbons (Fsp3) is 0.421. The Balaban J connectivity index is 1.86. The van der Waals surface area contributed by atoms with E-state index in [9.17, 15) is 45.6 Å². The quantitative estimate of drug-likeness (QED) is 0.292. The molecular weight excluding hydrogens is 404 g/mol. The Kier molecular flexibility index (Phi) is 4.87. The highest BCUT2D eigenvalue weighted by atomic mass is 16.5. The molecule has 2 aliphatic heterocycles. The number of hydrogen-bond donors (Lipinski definition) is 8.